The number of rotatable bonds is 5. The maximum absolute atomic E-state index is 9.36. The van der Waals surface area contributed by atoms with Gasteiger partial charge in [0.15, 0.2) is 4.96 Å². The lowest BCUT2D eigenvalue weighted by atomic mass is 10.1. The molecule has 0 bridgehead atoms. The Kier molecular flexibility index (Phi) is 4.04. The van der Waals surface area contributed by atoms with E-state index in [1.807, 2.05) is 6.92 Å². The Morgan fingerprint density at radius 1 is 1.44 bits per heavy atom. The van der Waals surface area contributed by atoms with Crippen molar-refractivity contribution in [1.82, 2.24) is 14.7 Å². The summed E-state index contributed by atoms with van der Waals surface area (Å²) in [4.78, 5) is 5.63. The van der Waals surface area contributed by atoms with Gasteiger partial charge in [0.2, 0.25) is 0 Å². The highest BCUT2D eigenvalue weighted by atomic mass is 32.1. The first-order valence-electron chi connectivity index (χ1n) is 6.32. The molecule has 4 nitrogen and oxygen atoms in total. The zero-order valence-corrected chi connectivity index (χ0v) is 12.2. The van der Waals surface area contributed by atoms with Crippen LogP contribution in [0.4, 0.5) is 0 Å². The Bertz CT molecular complexity index is 530. The highest BCUT2D eigenvalue weighted by molar-refractivity contribution is 7.15. The number of nitrogens with one attached hydrogen (secondary N) is 1. The minimum absolute atomic E-state index is 0.262. The van der Waals surface area contributed by atoms with Crippen molar-refractivity contribution >= 4 is 16.3 Å². The fraction of sp³-hybridized carbons (Fsp3) is 0.615. The summed E-state index contributed by atoms with van der Waals surface area (Å²) in [6, 6.07) is 0.300. The Morgan fingerprint density at radius 2 is 2.17 bits per heavy atom. The fourth-order valence-corrected chi connectivity index (χ4v) is 3.17. The number of aryl methyl sites for hydroxylation is 2. The maximum atomic E-state index is 9.36. The molecule has 0 spiro atoms. The second-order valence-corrected chi connectivity index (χ2v) is 5.84. The lowest BCUT2D eigenvalue weighted by molar-refractivity contribution is 0.170. The van der Waals surface area contributed by atoms with Gasteiger partial charge in [-0.05, 0) is 34.1 Å². The van der Waals surface area contributed by atoms with E-state index in [1.165, 1.54) is 11.4 Å². The van der Waals surface area contributed by atoms with Crippen molar-refractivity contribution in [2.45, 2.75) is 52.8 Å². The normalized spacial score (nSPS) is 15.2. The van der Waals surface area contributed by atoms with E-state index in [1.54, 1.807) is 11.3 Å². The average molecular weight is 267 g/mol. The number of thiazole rings is 1. The van der Waals surface area contributed by atoms with E-state index in [0.29, 0.717) is 6.04 Å². The molecule has 2 aromatic heterocycles. The SMILES string of the molecule is Cc1nc2scc(C)n2c1CNC(C)CC(C)O. The molecule has 2 unspecified atom stereocenters. The summed E-state index contributed by atoms with van der Waals surface area (Å²) in [6.45, 7) is 8.87. The van der Waals surface area contributed by atoms with Crippen LogP contribution in [0.25, 0.3) is 4.96 Å². The summed E-state index contributed by atoms with van der Waals surface area (Å²) in [5.74, 6) is 0. The Balaban J connectivity index is 2.11. The second kappa shape index (κ2) is 5.38. The van der Waals surface area contributed by atoms with Crippen LogP contribution in [0.15, 0.2) is 5.38 Å². The van der Waals surface area contributed by atoms with Crippen LogP contribution in [0.2, 0.25) is 0 Å². The maximum Gasteiger partial charge on any atom is 0.194 e. The van der Waals surface area contributed by atoms with E-state index in [9.17, 15) is 5.11 Å². The number of aliphatic hydroxyl groups excluding tert-OH is 1. The molecule has 0 amide bonds. The molecule has 0 saturated heterocycles. The average Bonchev–Trinajstić information content (AvgIpc) is 2.75. The summed E-state index contributed by atoms with van der Waals surface area (Å²) in [6.07, 6.45) is 0.505. The number of fused-ring (bicyclic) bond motifs is 1. The van der Waals surface area contributed by atoms with E-state index >= 15 is 0 Å². The molecule has 18 heavy (non-hydrogen) atoms. The van der Waals surface area contributed by atoms with Crippen LogP contribution in [-0.2, 0) is 6.54 Å². The fourth-order valence-electron chi connectivity index (χ4n) is 2.24. The molecule has 2 aromatic rings. The second-order valence-electron chi connectivity index (χ2n) is 5.01. The van der Waals surface area contributed by atoms with Gasteiger partial charge in [-0.15, -0.1) is 11.3 Å². The van der Waals surface area contributed by atoms with Gasteiger partial charge in [-0.3, -0.25) is 4.40 Å². The number of hydrogen-bond acceptors (Lipinski definition) is 4. The zero-order valence-electron chi connectivity index (χ0n) is 11.4. The Hall–Kier alpha value is -0.910. The first-order chi connectivity index (χ1) is 8.49. The molecule has 0 aliphatic carbocycles. The van der Waals surface area contributed by atoms with E-state index in [4.69, 9.17) is 0 Å². The lowest BCUT2D eigenvalue weighted by Gasteiger charge is -2.15. The number of aliphatic hydroxyl groups is 1. The van der Waals surface area contributed by atoms with Gasteiger partial charge in [0.1, 0.15) is 0 Å². The van der Waals surface area contributed by atoms with Crippen LogP contribution in [0.5, 0.6) is 0 Å². The molecule has 5 heteroatoms. The van der Waals surface area contributed by atoms with Gasteiger partial charge in [-0.25, -0.2) is 4.98 Å². The van der Waals surface area contributed by atoms with Crippen LogP contribution in [0.3, 0.4) is 0 Å². The molecule has 100 valence electrons. The lowest BCUT2D eigenvalue weighted by Crippen LogP contribution is -2.29. The standard InChI is InChI=1S/C13H21N3OS/c1-8(5-10(3)17)14-6-12-11(4)15-13-16(12)9(2)7-18-13/h7-8,10,14,17H,5-6H2,1-4H3. The van der Waals surface area contributed by atoms with E-state index in [2.05, 4.69) is 40.9 Å². The van der Waals surface area contributed by atoms with Gasteiger partial charge >= 0.3 is 0 Å². The molecule has 0 aliphatic heterocycles. The van der Waals surface area contributed by atoms with Gasteiger partial charge in [0.25, 0.3) is 0 Å². The van der Waals surface area contributed by atoms with E-state index in [0.717, 1.165) is 23.6 Å². The van der Waals surface area contributed by atoms with Crippen molar-refractivity contribution < 1.29 is 5.11 Å². The number of nitrogens with zero attached hydrogens (tertiary/aromatic N) is 2. The summed E-state index contributed by atoms with van der Waals surface area (Å²) < 4.78 is 2.21. The van der Waals surface area contributed by atoms with Crippen molar-refractivity contribution in [3.63, 3.8) is 0 Å². The third kappa shape index (κ3) is 2.74. The molecule has 0 radical (unpaired) electrons. The molecule has 0 fully saturated rings. The smallest absolute Gasteiger partial charge is 0.194 e. The topological polar surface area (TPSA) is 49.6 Å². The summed E-state index contributed by atoms with van der Waals surface area (Å²) in [7, 11) is 0. The van der Waals surface area contributed by atoms with Crippen molar-refractivity contribution in [3.05, 3.63) is 22.5 Å². The third-order valence-corrected chi connectivity index (χ3v) is 4.09. The molecule has 2 rings (SSSR count). The highest BCUT2D eigenvalue weighted by Gasteiger charge is 2.13. The van der Waals surface area contributed by atoms with Crippen molar-refractivity contribution in [3.8, 4) is 0 Å². The summed E-state index contributed by atoms with van der Waals surface area (Å²) >= 11 is 1.68. The van der Waals surface area contributed by atoms with Gasteiger partial charge < -0.3 is 10.4 Å². The molecule has 0 saturated carbocycles. The first kappa shape index (κ1) is 13.5. The monoisotopic (exact) mass is 267 g/mol. The zero-order chi connectivity index (χ0) is 13.3. The van der Waals surface area contributed by atoms with Crippen LogP contribution in [0.1, 0.15) is 37.4 Å². The molecular formula is C13H21N3OS. The van der Waals surface area contributed by atoms with Crippen LogP contribution in [0, 0.1) is 13.8 Å². The van der Waals surface area contributed by atoms with Crippen molar-refractivity contribution in [2.24, 2.45) is 0 Å². The van der Waals surface area contributed by atoms with Crippen LogP contribution in [-0.4, -0.2) is 26.6 Å². The first-order valence-corrected chi connectivity index (χ1v) is 7.20. The minimum Gasteiger partial charge on any atom is -0.393 e. The highest BCUT2D eigenvalue weighted by Crippen LogP contribution is 2.20. The summed E-state index contributed by atoms with van der Waals surface area (Å²) in [5.41, 5.74) is 3.54. The van der Waals surface area contributed by atoms with Crippen molar-refractivity contribution in [1.29, 1.82) is 0 Å². The van der Waals surface area contributed by atoms with Gasteiger partial charge in [0.05, 0.1) is 17.5 Å². The largest absolute Gasteiger partial charge is 0.393 e. The van der Waals surface area contributed by atoms with Crippen molar-refractivity contribution in [2.75, 3.05) is 0 Å². The molecule has 2 atom stereocenters. The molecule has 2 N–H and O–H groups in total. The Labute approximate surface area is 112 Å². The minimum atomic E-state index is -0.262. The number of imidazole rings is 1. The number of hydrogen-bond donors (Lipinski definition) is 2. The molecule has 0 aromatic carbocycles. The van der Waals surface area contributed by atoms with Crippen LogP contribution >= 0.6 is 11.3 Å². The van der Waals surface area contributed by atoms with Crippen LogP contribution < -0.4 is 5.32 Å². The van der Waals surface area contributed by atoms with Gasteiger partial charge in [0, 0.05) is 23.7 Å². The predicted octanol–water partition coefficient (Wildman–Crippen LogP) is 2.26. The third-order valence-electron chi connectivity index (χ3n) is 3.14. The predicted molar refractivity (Wildman–Crippen MR) is 75.1 cm³/mol. The summed E-state index contributed by atoms with van der Waals surface area (Å²) in [5, 5.41) is 14.9. The molecule has 2 heterocycles. The molecule has 0 aliphatic rings. The molecular weight excluding hydrogens is 246 g/mol. The quantitative estimate of drug-likeness (QED) is 0.873. The van der Waals surface area contributed by atoms with Gasteiger partial charge in [-0.1, -0.05) is 0 Å². The van der Waals surface area contributed by atoms with E-state index in [-0.39, 0.29) is 6.10 Å². The number of aromatic nitrogens is 2. The Morgan fingerprint density at radius 3 is 2.83 bits per heavy atom. The van der Waals surface area contributed by atoms with Gasteiger partial charge in [-0.2, -0.15) is 0 Å². The van der Waals surface area contributed by atoms with E-state index < -0.39 is 0 Å².